The first kappa shape index (κ1) is 13.2. The number of nitrogens with zero attached hydrogens (tertiary/aromatic N) is 1. The Morgan fingerprint density at radius 1 is 1.09 bits per heavy atom. The zero-order valence-electron chi connectivity index (χ0n) is 11.2. The number of carbonyl (C=O) groups excluding carboxylic acids is 1. The summed E-state index contributed by atoms with van der Waals surface area (Å²) in [5, 5.41) is -0.0156. The van der Waals surface area contributed by atoms with E-state index < -0.39 is 17.0 Å². The predicted molar refractivity (Wildman–Crippen MR) is 81.1 cm³/mol. The van der Waals surface area contributed by atoms with Gasteiger partial charge in [-0.25, -0.2) is 4.79 Å². The molecule has 4 rings (SSSR count). The molecule has 2 atom stereocenters. The number of fused-ring (bicyclic) bond motifs is 1. The Balaban J connectivity index is 1.85. The molecule has 5 nitrogen and oxygen atoms in total. The van der Waals surface area contributed by atoms with Crippen molar-refractivity contribution in [3.63, 3.8) is 0 Å². The van der Waals surface area contributed by atoms with E-state index >= 15 is 0 Å². The van der Waals surface area contributed by atoms with Crippen LogP contribution in [0.25, 0.3) is 11.0 Å². The summed E-state index contributed by atoms with van der Waals surface area (Å²) in [7, 11) is 0. The number of carbonyl (C=O) groups is 1. The van der Waals surface area contributed by atoms with Crippen molar-refractivity contribution in [2.45, 2.75) is 11.4 Å². The van der Waals surface area contributed by atoms with Gasteiger partial charge in [-0.2, -0.15) is 0 Å². The van der Waals surface area contributed by atoms with Gasteiger partial charge in [0.05, 0.1) is 6.26 Å². The zero-order valence-corrected chi connectivity index (χ0v) is 12.0. The normalized spacial score (nSPS) is 21.1. The number of furan rings is 1. The number of halogens is 1. The lowest BCUT2D eigenvalue weighted by Crippen LogP contribution is -2.57. The molecule has 3 aromatic rings. The summed E-state index contributed by atoms with van der Waals surface area (Å²) in [4.78, 5) is 25.7. The van der Waals surface area contributed by atoms with Gasteiger partial charge in [0.15, 0.2) is 0 Å². The average Bonchev–Trinajstić information content (AvgIpc) is 3.05. The minimum absolute atomic E-state index is 0.169. The van der Waals surface area contributed by atoms with Crippen LogP contribution in [0.2, 0.25) is 0 Å². The highest BCUT2D eigenvalue weighted by atomic mass is 35.5. The summed E-state index contributed by atoms with van der Waals surface area (Å²) in [5.74, 6) is 0.192. The molecule has 2 aromatic heterocycles. The lowest BCUT2D eigenvalue weighted by Gasteiger charge is -2.42. The average molecular weight is 316 g/mol. The number of alkyl halides is 1. The van der Waals surface area contributed by atoms with Crippen LogP contribution < -0.4 is 10.5 Å². The Morgan fingerprint density at radius 2 is 1.91 bits per heavy atom. The molecule has 1 aliphatic rings. The largest absolute Gasteiger partial charge is 0.467 e. The van der Waals surface area contributed by atoms with Gasteiger partial charge in [0.1, 0.15) is 28.4 Å². The van der Waals surface area contributed by atoms with Crippen molar-refractivity contribution in [3.05, 3.63) is 64.9 Å². The lowest BCUT2D eigenvalue weighted by molar-refractivity contribution is -0.124. The molecule has 110 valence electrons. The monoisotopic (exact) mass is 315 g/mol. The van der Waals surface area contributed by atoms with Crippen LogP contribution in [0, 0.1) is 0 Å². The van der Waals surface area contributed by atoms with Crippen molar-refractivity contribution >= 4 is 34.2 Å². The highest BCUT2D eigenvalue weighted by Crippen LogP contribution is 2.41. The van der Waals surface area contributed by atoms with Crippen LogP contribution in [0.1, 0.15) is 11.8 Å². The lowest BCUT2D eigenvalue weighted by atomic mass is 9.97. The van der Waals surface area contributed by atoms with Crippen LogP contribution in [0.5, 0.6) is 0 Å². The van der Waals surface area contributed by atoms with E-state index in [9.17, 15) is 9.59 Å². The fraction of sp³-hybridized carbons (Fsp3) is 0.125. The fourth-order valence-electron chi connectivity index (χ4n) is 2.67. The van der Waals surface area contributed by atoms with E-state index in [1.165, 1.54) is 11.2 Å². The van der Waals surface area contributed by atoms with Crippen LogP contribution >= 0.6 is 11.6 Å². The number of hydrogen-bond acceptors (Lipinski definition) is 4. The zero-order chi connectivity index (χ0) is 15.3. The molecule has 0 bridgehead atoms. The molecule has 6 heteroatoms. The van der Waals surface area contributed by atoms with E-state index in [0.717, 1.165) is 5.39 Å². The third kappa shape index (κ3) is 1.79. The maximum Gasteiger partial charge on any atom is 0.360 e. The van der Waals surface area contributed by atoms with Gasteiger partial charge >= 0.3 is 5.63 Å². The van der Waals surface area contributed by atoms with Gasteiger partial charge in [0.2, 0.25) is 5.91 Å². The second-order valence-corrected chi connectivity index (χ2v) is 5.50. The molecule has 1 amide bonds. The number of rotatable bonds is 2. The smallest absolute Gasteiger partial charge is 0.360 e. The Hall–Kier alpha value is -2.53. The summed E-state index contributed by atoms with van der Waals surface area (Å²) >= 11 is 6.09. The fourth-order valence-corrected chi connectivity index (χ4v) is 3.01. The molecule has 1 aliphatic heterocycles. The van der Waals surface area contributed by atoms with Crippen molar-refractivity contribution in [1.29, 1.82) is 0 Å². The van der Waals surface area contributed by atoms with Crippen LogP contribution in [0.4, 0.5) is 5.69 Å². The highest BCUT2D eigenvalue weighted by molar-refractivity contribution is 6.37. The molecular formula is C16H10ClNO4. The van der Waals surface area contributed by atoms with Crippen LogP contribution in [0.3, 0.4) is 0 Å². The number of anilines is 1. The molecule has 0 N–H and O–H groups in total. The number of benzene rings is 1. The summed E-state index contributed by atoms with van der Waals surface area (Å²) in [6.45, 7) is 0. The summed E-state index contributed by atoms with van der Waals surface area (Å²) in [5.41, 5.74) is 0.0652. The van der Waals surface area contributed by atoms with E-state index in [-0.39, 0.29) is 11.6 Å². The standard InChI is InChI=1S/C16H10ClNO4/c17-13-14(12-6-3-7-21-12)18(15(13)19)10-8-9-4-1-2-5-11(9)22-16(10)20/h1-8,13-14H. The maximum atomic E-state index is 12.2. The molecule has 1 saturated heterocycles. The topological polar surface area (TPSA) is 63.7 Å². The van der Waals surface area contributed by atoms with Crippen molar-refractivity contribution in [1.82, 2.24) is 0 Å². The van der Waals surface area contributed by atoms with Gasteiger partial charge in [-0.05, 0) is 24.3 Å². The van der Waals surface area contributed by atoms with E-state index in [0.29, 0.717) is 11.3 Å². The first-order valence-corrected chi connectivity index (χ1v) is 7.14. The van der Waals surface area contributed by atoms with Gasteiger partial charge < -0.3 is 8.83 Å². The molecule has 2 unspecified atom stereocenters. The Kier molecular flexibility index (Phi) is 2.84. The molecule has 22 heavy (non-hydrogen) atoms. The van der Waals surface area contributed by atoms with Crippen molar-refractivity contribution in [2.75, 3.05) is 4.90 Å². The highest BCUT2D eigenvalue weighted by Gasteiger charge is 2.50. The van der Waals surface area contributed by atoms with Crippen LogP contribution in [-0.4, -0.2) is 11.3 Å². The third-order valence-electron chi connectivity index (χ3n) is 3.75. The van der Waals surface area contributed by atoms with Crippen molar-refractivity contribution in [3.8, 4) is 0 Å². The number of hydrogen-bond donors (Lipinski definition) is 0. The van der Waals surface area contributed by atoms with Crippen molar-refractivity contribution in [2.24, 2.45) is 0 Å². The van der Waals surface area contributed by atoms with Gasteiger partial charge in [-0.1, -0.05) is 18.2 Å². The van der Waals surface area contributed by atoms with Gasteiger partial charge in [0, 0.05) is 5.39 Å². The van der Waals surface area contributed by atoms with E-state index in [2.05, 4.69) is 0 Å². The SMILES string of the molecule is O=C1C(Cl)C(c2ccco2)N1c1cc2ccccc2oc1=O. The molecule has 0 spiro atoms. The van der Waals surface area contributed by atoms with Crippen LogP contribution in [0.15, 0.2) is 62.4 Å². The number of amides is 1. The van der Waals surface area contributed by atoms with Crippen LogP contribution in [-0.2, 0) is 4.79 Å². The maximum absolute atomic E-state index is 12.2. The Labute approximate surface area is 129 Å². The molecule has 1 aromatic carbocycles. The molecule has 0 saturated carbocycles. The Bertz CT molecular complexity index is 915. The van der Waals surface area contributed by atoms with E-state index in [1.807, 2.05) is 12.1 Å². The number of para-hydroxylation sites is 1. The molecule has 3 heterocycles. The second kappa shape index (κ2) is 4.74. The molecule has 0 radical (unpaired) electrons. The summed E-state index contributed by atoms with van der Waals surface area (Å²) in [6.07, 6.45) is 1.50. The van der Waals surface area contributed by atoms with Gasteiger partial charge in [-0.15, -0.1) is 11.6 Å². The molecule has 1 fully saturated rings. The second-order valence-electron chi connectivity index (χ2n) is 5.03. The predicted octanol–water partition coefficient (Wildman–Crippen LogP) is 3.08. The molecular weight excluding hydrogens is 306 g/mol. The first-order chi connectivity index (χ1) is 10.7. The Morgan fingerprint density at radius 3 is 2.68 bits per heavy atom. The first-order valence-electron chi connectivity index (χ1n) is 6.70. The minimum Gasteiger partial charge on any atom is -0.467 e. The van der Waals surface area contributed by atoms with Gasteiger partial charge in [-0.3, -0.25) is 9.69 Å². The summed E-state index contributed by atoms with van der Waals surface area (Å²) < 4.78 is 10.6. The van der Waals surface area contributed by atoms with E-state index in [4.69, 9.17) is 20.4 Å². The van der Waals surface area contributed by atoms with E-state index in [1.54, 1.807) is 30.3 Å². The van der Waals surface area contributed by atoms with Gasteiger partial charge in [0.25, 0.3) is 0 Å². The molecule has 0 aliphatic carbocycles. The minimum atomic E-state index is -0.753. The third-order valence-corrected chi connectivity index (χ3v) is 4.17. The quantitative estimate of drug-likeness (QED) is 0.414. The van der Waals surface area contributed by atoms with Crippen molar-refractivity contribution < 1.29 is 13.6 Å². The summed E-state index contributed by atoms with van der Waals surface area (Å²) in [6, 6.07) is 11.7. The number of β-lactam (4-membered cyclic amide) rings is 1.